The number of carbonyl (C=O) groups excluding carboxylic acids is 1. The molecule has 0 spiro atoms. The highest BCUT2D eigenvalue weighted by Gasteiger charge is 2.35. The smallest absolute Gasteiger partial charge is 0.279 e. The Morgan fingerprint density at radius 3 is 2.56 bits per heavy atom. The van der Waals surface area contributed by atoms with Crippen molar-refractivity contribution >= 4 is 11.7 Å². The van der Waals surface area contributed by atoms with Crippen molar-refractivity contribution in [2.45, 2.75) is 32.2 Å². The van der Waals surface area contributed by atoms with E-state index in [0.29, 0.717) is 13.1 Å². The Morgan fingerprint density at radius 1 is 1.28 bits per heavy atom. The number of likely N-dealkylation sites (N-methyl/N-ethyl adjacent to an activating group) is 1. The lowest BCUT2D eigenvalue weighted by molar-refractivity contribution is 0.0697. The van der Waals surface area contributed by atoms with Crippen molar-refractivity contribution in [2.75, 3.05) is 25.0 Å². The third-order valence-electron chi connectivity index (χ3n) is 4.38. The van der Waals surface area contributed by atoms with Gasteiger partial charge in [-0.1, -0.05) is 20.8 Å². The number of amides is 1. The molecule has 2 aromatic rings. The summed E-state index contributed by atoms with van der Waals surface area (Å²) in [5, 5.41) is 8.57. The molecule has 8 nitrogen and oxygen atoms in total. The van der Waals surface area contributed by atoms with Crippen molar-refractivity contribution in [2.24, 2.45) is 0 Å². The van der Waals surface area contributed by atoms with Crippen molar-refractivity contribution in [3.63, 3.8) is 0 Å². The van der Waals surface area contributed by atoms with E-state index < -0.39 is 5.56 Å². The number of hydrogen-bond donors (Lipinski definition) is 1. The predicted octanol–water partition coefficient (Wildman–Crippen LogP) is 0.818. The van der Waals surface area contributed by atoms with E-state index in [1.807, 2.05) is 12.1 Å². The highest BCUT2D eigenvalue weighted by Crippen LogP contribution is 2.24. The number of aromatic amines is 1. The molecule has 1 fully saturated rings. The summed E-state index contributed by atoms with van der Waals surface area (Å²) in [6.45, 7) is 7.58. The largest absolute Gasteiger partial charge is 0.351 e. The molecule has 1 aliphatic heterocycles. The van der Waals surface area contributed by atoms with Crippen molar-refractivity contribution in [1.82, 2.24) is 25.1 Å². The number of hydrogen-bond acceptors (Lipinski definition) is 6. The zero-order chi connectivity index (χ0) is 18.2. The molecule has 0 aromatic carbocycles. The monoisotopic (exact) mass is 342 g/mol. The van der Waals surface area contributed by atoms with Gasteiger partial charge in [0, 0.05) is 37.9 Å². The number of aromatic nitrogens is 4. The van der Waals surface area contributed by atoms with Crippen molar-refractivity contribution in [3.8, 4) is 0 Å². The lowest BCUT2D eigenvalue weighted by Gasteiger charge is -2.44. The second-order valence-corrected chi connectivity index (χ2v) is 7.27. The first-order valence-electron chi connectivity index (χ1n) is 8.17. The van der Waals surface area contributed by atoms with E-state index in [9.17, 15) is 9.59 Å². The lowest BCUT2D eigenvalue weighted by Crippen LogP contribution is -2.60. The van der Waals surface area contributed by atoms with Crippen molar-refractivity contribution < 1.29 is 4.79 Å². The maximum atomic E-state index is 12.4. The molecular weight excluding hydrogens is 320 g/mol. The number of carbonyl (C=O) groups is 1. The van der Waals surface area contributed by atoms with Gasteiger partial charge in [0.25, 0.3) is 11.5 Å². The van der Waals surface area contributed by atoms with Crippen molar-refractivity contribution in [1.29, 1.82) is 0 Å². The van der Waals surface area contributed by atoms with Gasteiger partial charge in [0.05, 0.1) is 11.7 Å². The minimum absolute atomic E-state index is 0.0120. The molecule has 1 N–H and O–H groups in total. The second kappa shape index (κ2) is 6.27. The first-order chi connectivity index (χ1) is 11.8. The second-order valence-electron chi connectivity index (χ2n) is 7.27. The Morgan fingerprint density at radius 2 is 2.00 bits per heavy atom. The van der Waals surface area contributed by atoms with Crippen LogP contribution in [0, 0.1) is 0 Å². The van der Waals surface area contributed by atoms with Crippen LogP contribution in [0.1, 0.15) is 37.0 Å². The highest BCUT2D eigenvalue weighted by molar-refractivity contribution is 5.92. The van der Waals surface area contributed by atoms with Crippen LogP contribution in [0.2, 0.25) is 0 Å². The van der Waals surface area contributed by atoms with Gasteiger partial charge in [0.2, 0.25) is 0 Å². The highest BCUT2D eigenvalue weighted by atomic mass is 16.2. The van der Waals surface area contributed by atoms with Crippen LogP contribution in [0.3, 0.4) is 0 Å². The van der Waals surface area contributed by atoms with E-state index in [2.05, 4.69) is 45.8 Å². The van der Waals surface area contributed by atoms with Crippen LogP contribution in [0.25, 0.3) is 0 Å². The fourth-order valence-corrected chi connectivity index (χ4v) is 2.62. The van der Waals surface area contributed by atoms with Crippen LogP contribution in [0.4, 0.5) is 5.82 Å². The molecule has 0 unspecified atom stereocenters. The molecule has 1 saturated heterocycles. The van der Waals surface area contributed by atoms with E-state index in [-0.39, 0.29) is 23.1 Å². The molecule has 1 amide bonds. The first kappa shape index (κ1) is 17.1. The zero-order valence-corrected chi connectivity index (χ0v) is 14.9. The van der Waals surface area contributed by atoms with Crippen LogP contribution in [-0.2, 0) is 5.41 Å². The van der Waals surface area contributed by atoms with Crippen LogP contribution < -0.4 is 10.5 Å². The van der Waals surface area contributed by atoms with Gasteiger partial charge in [0.15, 0.2) is 11.5 Å². The molecule has 0 saturated carbocycles. The van der Waals surface area contributed by atoms with Crippen LogP contribution >= 0.6 is 0 Å². The van der Waals surface area contributed by atoms with E-state index >= 15 is 0 Å². The Labute approximate surface area is 145 Å². The Balaban J connectivity index is 1.63. The van der Waals surface area contributed by atoms with E-state index in [0.717, 1.165) is 11.5 Å². The van der Waals surface area contributed by atoms with Crippen LogP contribution in [0.5, 0.6) is 0 Å². The van der Waals surface area contributed by atoms with Gasteiger partial charge in [-0.15, -0.1) is 5.10 Å². The number of anilines is 1. The number of nitrogens with zero attached hydrogens (tertiary/aromatic N) is 5. The van der Waals surface area contributed by atoms with Crippen molar-refractivity contribution in [3.05, 3.63) is 46.3 Å². The minimum atomic E-state index is -0.473. The van der Waals surface area contributed by atoms with Crippen LogP contribution in [0.15, 0.2) is 29.3 Å². The quantitative estimate of drug-likeness (QED) is 0.887. The van der Waals surface area contributed by atoms with E-state index in [1.165, 1.54) is 12.4 Å². The SMILES string of the molecule is CN(C(=O)c1ncc[nH]c1=O)C1CN(c2ccc(C(C)(C)C)nn2)C1. The topological polar surface area (TPSA) is 95.1 Å². The van der Waals surface area contributed by atoms with E-state index in [1.54, 1.807) is 11.9 Å². The predicted molar refractivity (Wildman–Crippen MR) is 93.7 cm³/mol. The molecule has 0 radical (unpaired) electrons. The summed E-state index contributed by atoms with van der Waals surface area (Å²) in [5.74, 6) is 0.418. The third kappa shape index (κ3) is 3.38. The molecule has 0 aliphatic carbocycles. The summed E-state index contributed by atoms with van der Waals surface area (Å²) >= 11 is 0. The Hall–Kier alpha value is -2.77. The number of rotatable bonds is 3. The molecule has 0 atom stereocenters. The average molecular weight is 342 g/mol. The molecule has 3 heterocycles. The first-order valence-corrected chi connectivity index (χ1v) is 8.17. The van der Waals surface area contributed by atoms with E-state index in [4.69, 9.17) is 0 Å². The molecule has 0 bridgehead atoms. The maximum Gasteiger partial charge on any atom is 0.279 e. The van der Waals surface area contributed by atoms with Gasteiger partial charge in [-0.25, -0.2) is 4.98 Å². The lowest BCUT2D eigenvalue weighted by atomic mass is 9.92. The van der Waals surface area contributed by atoms with Crippen LogP contribution in [-0.4, -0.2) is 57.2 Å². The minimum Gasteiger partial charge on any atom is -0.351 e. The molecular formula is C17H22N6O2. The molecule has 25 heavy (non-hydrogen) atoms. The molecule has 3 rings (SSSR count). The van der Waals surface area contributed by atoms with Gasteiger partial charge in [-0.3, -0.25) is 9.59 Å². The Kier molecular flexibility index (Phi) is 4.28. The van der Waals surface area contributed by atoms with Gasteiger partial charge < -0.3 is 14.8 Å². The summed E-state index contributed by atoms with van der Waals surface area (Å²) < 4.78 is 0. The summed E-state index contributed by atoms with van der Waals surface area (Å²) in [7, 11) is 1.69. The third-order valence-corrected chi connectivity index (χ3v) is 4.38. The Bertz CT molecular complexity index is 818. The summed E-state index contributed by atoms with van der Waals surface area (Å²) in [6, 6.07) is 3.95. The van der Waals surface area contributed by atoms with Gasteiger partial charge in [-0.2, -0.15) is 5.10 Å². The molecule has 132 valence electrons. The van der Waals surface area contributed by atoms with Gasteiger partial charge in [-0.05, 0) is 12.1 Å². The average Bonchev–Trinajstić information content (AvgIpc) is 2.53. The molecule has 2 aromatic heterocycles. The standard InChI is InChI=1S/C17H22N6O2/c1-17(2,3)12-5-6-13(21-20-12)23-9-11(10-23)22(4)16(25)14-15(24)19-8-7-18-14/h5-8,11H,9-10H2,1-4H3,(H,19,24). The summed E-state index contributed by atoms with van der Waals surface area (Å²) in [4.78, 5) is 34.1. The molecule has 1 aliphatic rings. The zero-order valence-electron chi connectivity index (χ0n) is 14.9. The summed E-state index contributed by atoms with van der Waals surface area (Å²) in [6.07, 6.45) is 2.81. The van der Waals surface area contributed by atoms with Gasteiger partial charge in [0.1, 0.15) is 0 Å². The normalized spacial score (nSPS) is 15.0. The number of nitrogens with one attached hydrogen (secondary N) is 1. The number of H-pyrrole nitrogens is 1. The summed E-state index contributed by atoms with van der Waals surface area (Å²) in [5.41, 5.74) is 0.345. The molecule has 8 heteroatoms. The maximum absolute atomic E-state index is 12.4. The fraction of sp³-hybridized carbons (Fsp3) is 0.471. The van der Waals surface area contributed by atoms with Gasteiger partial charge >= 0.3 is 0 Å². The fourth-order valence-electron chi connectivity index (χ4n) is 2.62.